The number of benzene rings is 2. The number of rotatable bonds is 4. The Labute approximate surface area is 146 Å². The summed E-state index contributed by atoms with van der Waals surface area (Å²) in [5.74, 6) is 0. The Morgan fingerprint density at radius 3 is 2.65 bits per heavy atom. The summed E-state index contributed by atoms with van der Waals surface area (Å²) in [6.07, 6.45) is -0.0170. The molecule has 1 aliphatic heterocycles. The highest BCUT2D eigenvalue weighted by molar-refractivity contribution is 6.33. The van der Waals surface area contributed by atoms with Gasteiger partial charge < -0.3 is 15.2 Å². The third kappa shape index (κ3) is 3.70. The molecule has 1 saturated heterocycles. The van der Waals surface area contributed by atoms with Gasteiger partial charge in [-0.1, -0.05) is 53.5 Å². The highest BCUT2D eigenvalue weighted by atomic mass is 35.5. The molecular formula is C18H19Cl2NO2. The first-order valence-corrected chi connectivity index (χ1v) is 8.39. The number of nitrogens with one attached hydrogen (secondary N) is 1. The van der Waals surface area contributed by atoms with E-state index in [0.717, 1.165) is 17.7 Å². The van der Waals surface area contributed by atoms with Gasteiger partial charge in [0.1, 0.15) is 11.7 Å². The van der Waals surface area contributed by atoms with Crippen molar-refractivity contribution in [2.24, 2.45) is 0 Å². The zero-order valence-electron chi connectivity index (χ0n) is 12.6. The predicted molar refractivity (Wildman–Crippen MR) is 93.1 cm³/mol. The molecule has 0 radical (unpaired) electrons. The van der Waals surface area contributed by atoms with E-state index >= 15 is 0 Å². The number of halogens is 2. The van der Waals surface area contributed by atoms with Gasteiger partial charge in [-0.15, -0.1) is 0 Å². The zero-order valence-corrected chi connectivity index (χ0v) is 14.1. The minimum atomic E-state index is -1.18. The monoisotopic (exact) mass is 351 g/mol. The number of hydrogen-bond acceptors (Lipinski definition) is 3. The molecule has 0 aliphatic carbocycles. The van der Waals surface area contributed by atoms with Crippen LogP contribution < -0.4 is 5.32 Å². The molecule has 1 heterocycles. The van der Waals surface area contributed by atoms with Gasteiger partial charge in [0.2, 0.25) is 0 Å². The highest BCUT2D eigenvalue weighted by Crippen LogP contribution is 2.34. The van der Waals surface area contributed by atoms with Crippen molar-refractivity contribution >= 4 is 23.2 Å². The summed E-state index contributed by atoms with van der Waals surface area (Å²) in [5.41, 5.74) is 0.438. The largest absolute Gasteiger partial charge is 0.382 e. The van der Waals surface area contributed by atoms with Crippen LogP contribution in [0, 0.1) is 0 Å². The lowest BCUT2D eigenvalue weighted by molar-refractivity contribution is -0.124. The minimum absolute atomic E-state index is 0.336. The molecule has 3 rings (SSSR count). The normalized spacial score (nSPS) is 20.9. The Morgan fingerprint density at radius 1 is 1.17 bits per heavy atom. The lowest BCUT2D eigenvalue weighted by Crippen LogP contribution is -2.52. The molecule has 2 aromatic carbocycles. The van der Waals surface area contributed by atoms with Crippen LogP contribution >= 0.6 is 23.2 Å². The van der Waals surface area contributed by atoms with Gasteiger partial charge in [0.25, 0.3) is 0 Å². The smallest absolute Gasteiger partial charge is 0.121 e. The quantitative estimate of drug-likeness (QED) is 0.886. The molecule has 5 heteroatoms. The first-order valence-electron chi connectivity index (χ1n) is 7.64. The Kier molecular flexibility index (Phi) is 5.24. The number of ether oxygens (including phenoxy) is 1. The Morgan fingerprint density at radius 2 is 1.96 bits per heavy atom. The third-order valence-electron chi connectivity index (χ3n) is 4.20. The van der Waals surface area contributed by atoms with Gasteiger partial charge in [0.15, 0.2) is 0 Å². The summed E-state index contributed by atoms with van der Waals surface area (Å²) < 4.78 is 5.85. The first kappa shape index (κ1) is 16.7. The lowest BCUT2D eigenvalue weighted by Gasteiger charge is -2.39. The van der Waals surface area contributed by atoms with Crippen molar-refractivity contribution in [1.29, 1.82) is 0 Å². The van der Waals surface area contributed by atoms with Crippen LogP contribution in [0.15, 0.2) is 48.5 Å². The van der Waals surface area contributed by atoms with Crippen LogP contribution in [0.3, 0.4) is 0 Å². The van der Waals surface area contributed by atoms with Crippen LogP contribution in [-0.2, 0) is 16.8 Å². The fourth-order valence-electron chi connectivity index (χ4n) is 2.97. The number of aliphatic hydroxyl groups is 1. The summed E-state index contributed by atoms with van der Waals surface area (Å²) in [4.78, 5) is 0. The molecular weight excluding hydrogens is 333 g/mol. The average molecular weight is 352 g/mol. The van der Waals surface area contributed by atoms with E-state index in [-0.39, 0.29) is 6.10 Å². The second-order valence-corrected chi connectivity index (χ2v) is 6.61. The maximum Gasteiger partial charge on any atom is 0.121 e. The zero-order chi connectivity index (χ0) is 16.3. The fourth-order valence-corrected chi connectivity index (χ4v) is 3.35. The van der Waals surface area contributed by atoms with Gasteiger partial charge >= 0.3 is 0 Å². The number of morpholine rings is 1. The number of hydrogen-bond donors (Lipinski definition) is 2. The van der Waals surface area contributed by atoms with Crippen molar-refractivity contribution in [3.8, 4) is 0 Å². The van der Waals surface area contributed by atoms with E-state index in [9.17, 15) is 5.11 Å². The Balaban J connectivity index is 1.99. The van der Waals surface area contributed by atoms with Crippen molar-refractivity contribution in [2.45, 2.75) is 18.1 Å². The van der Waals surface area contributed by atoms with Crippen LogP contribution in [0.5, 0.6) is 0 Å². The molecule has 2 N–H and O–H groups in total. The van der Waals surface area contributed by atoms with E-state index in [1.807, 2.05) is 30.3 Å². The molecule has 1 unspecified atom stereocenters. The topological polar surface area (TPSA) is 41.5 Å². The minimum Gasteiger partial charge on any atom is -0.382 e. The van der Waals surface area contributed by atoms with Crippen LogP contribution in [0.25, 0.3) is 0 Å². The molecule has 1 aliphatic rings. The van der Waals surface area contributed by atoms with E-state index in [4.69, 9.17) is 27.9 Å². The van der Waals surface area contributed by atoms with Crippen molar-refractivity contribution in [3.05, 3.63) is 69.7 Å². The van der Waals surface area contributed by atoms with Crippen molar-refractivity contribution < 1.29 is 9.84 Å². The second kappa shape index (κ2) is 7.20. The van der Waals surface area contributed by atoms with Crippen molar-refractivity contribution in [1.82, 2.24) is 5.32 Å². The molecule has 2 atom stereocenters. The summed E-state index contributed by atoms with van der Waals surface area (Å²) >= 11 is 12.4. The molecule has 0 spiro atoms. The summed E-state index contributed by atoms with van der Waals surface area (Å²) in [7, 11) is 0. The lowest BCUT2D eigenvalue weighted by atomic mass is 9.82. The maximum absolute atomic E-state index is 11.5. The molecule has 0 saturated carbocycles. The SMILES string of the molecule is OC(Cc1cc(Cl)ccc1Cl)(c1ccccc1)[C@@H]1CNCCO1. The first-order chi connectivity index (χ1) is 11.1. The van der Waals surface area contributed by atoms with Crippen molar-refractivity contribution in [2.75, 3.05) is 19.7 Å². The molecule has 0 aromatic heterocycles. The van der Waals surface area contributed by atoms with Crippen LogP contribution in [0.4, 0.5) is 0 Å². The second-order valence-electron chi connectivity index (χ2n) is 5.77. The van der Waals surface area contributed by atoms with E-state index in [1.54, 1.807) is 18.2 Å². The molecule has 1 fully saturated rings. The van der Waals surface area contributed by atoms with E-state index < -0.39 is 5.60 Å². The summed E-state index contributed by atoms with van der Waals surface area (Å²) in [6, 6.07) is 14.9. The highest BCUT2D eigenvalue weighted by Gasteiger charge is 2.40. The standard InChI is InChI=1S/C18H19Cl2NO2/c19-15-6-7-16(20)13(10-15)11-18(22,14-4-2-1-3-5-14)17-12-21-8-9-23-17/h1-7,10,17,21-22H,8-9,11-12H2/t17-,18?/m0/s1. The van der Waals surface area contributed by atoms with Gasteiger partial charge in [-0.3, -0.25) is 0 Å². The molecule has 2 aromatic rings. The predicted octanol–water partition coefficient (Wildman–Crippen LogP) is 3.41. The molecule has 23 heavy (non-hydrogen) atoms. The van der Waals surface area contributed by atoms with E-state index in [1.165, 1.54) is 0 Å². The van der Waals surface area contributed by atoms with Crippen LogP contribution in [0.1, 0.15) is 11.1 Å². The van der Waals surface area contributed by atoms with Gasteiger partial charge in [-0.25, -0.2) is 0 Å². The average Bonchev–Trinajstić information content (AvgIpc) is 2.59. The summed E-state index contributed by atoms with van der Waals surface area (Å²) in [6.45, 7) is 1.95. The Bertz CT molecular complexity index is 659. The van der Waals surface area contributed by atoms with Crippen LogP contribution in [0.2, 0.25) is 10.0 Å². The van der Waals surface area contributed by atoms with E-state index in [2.05, 4.69) is 5.32 Å². The van der Waals surface area contributed by atoms with Gasteiger partial charge in [-0.2, -0.15) is 0 Å². The maximum atomic E-state index is 11.5. The Hall–Kier alpha value is -1.10. The van der Waals surface area contributed by atoms with Crippen LogP contribution in [-0.4, -0.2) is 30.9 Å². The molecule has 3 nitrogen and oxygen atoms in total. The molecule has 122 valence electrons. The van der Waals surface area contributed by atoms with E-state index in [0.29, 0.717) is 29.6 Å². The molecule has 0 bridgehead atoms. The summed E-state index contributed by atoms with van der Waals surface area (Å²) in [5, 5.41) is 16.0. The van der Waals surface area contributed by atoms with Gasteiger partial charge in [-0.05, 0) is 29.3 Å². The fraction of sp³-hybridized carbons (Fsp3) is 0.333. The molecule has 0 amide bonds. The van der Waals surface area contributed by atoms with Gasteiger partial charge in [0.05, 0.1) is 6.61 Å². The van der Waals surface area contributed by atoms with Gasteiger partial charge in [0, 0.05) is 29.6 Å². The van der Waals surface area contributed by atoms with Crippen molar-refractivity contribution in [3.63, 3.8) is 0 Å². The third-order valence-corrected chi connectivity index (χ3v) is 4.81.